The third-order valence-corrected chi connectivity index (χ3v) is 5.04. The van der Waals surface area contributed by atoms with Gasteiger partial charge < -0.3 is 4.84 Å². The van der Waals surface area contributed by atoms with E-state index in [1.54, 1.807) is 42.5 Å². The minimum absolute atomic E-state index is 0.0208. The van der Waals surface area contributed by atoms with Crippen LogP contribution >= 0.6 is 0 Å². The van der Waals surface area contributed by atoms with Crippen LogP contribution in [0.15, 0.2) is 84.4 Å². The van der Waals surface area contributed by atoms with E-state index in [-0.39, 0.29) is 39.9 Å². The molecule has 170 valence electrons. The molecule has 4 aromatic rings. The van der Waals surface area contributed by atoms with Crippen LogP contribution in [-0.4, -0.2) is 26.7 Å². The number of Topliss-reactive ketones (excluding diaryl/α,β-unsaturated/α-hetero) is 1. The van der Waals surface area contributed by atoms with Crippen LogP contribution in [0.1, 0.15) is 28.5 Å². The third kappa shape index (κ3) is 4.37. The zero-order valence-electron chi connectivity index (χ0n) is 18.1. The molecule has 0 aliphatic heterocycles. The standard InChI is InChI=1S/C25H19F2N5O2/c1-15(19-13-12-18(16(2)33)14-21(19)27)29-25(34-28)23-24(17-8-4-3-5-9-17)32(31-30-23)22-11-7-6-10-20(22)26/h3-14H,1,28H2,2H3. The van der Waals surface area contributed by atoms with Gasteiger partial charge in [-0.25, -0.2) is 18.5 Å². The van der Waals surface area contributed by atoms with Gasteiger partial charge in [0.05, 0.1) is 5.70 Å². The Labute approximate surface area is 193 Å². The first-order valence-corrected chi connectivity index (χ1v) is 10.1. The Morgan fingerprint density at radius 1 is 1.03 bits per heavy atom. The quantitative estimate of drug-likeness (QED) is 0.195. The summed E-state index contributed by atoms with van der Waals surface area (Å²) in [6.45, 7) is 5.13. The summed E-state index contributed by atoms with van der Waals surface area (Å²) in [6.07, 6.45) is 0. The van der Waals surface area contributed by atoms with E-state index < -0.39 is 11.6 Å². The molecule has 0 amide bonds. The van der Waals surface area contributed by atoms with Crippen LogP contribution in [0.2, 0.25) is 0 Å². The molecule has 4 rings (SSSR count). The molecule has 0 radical (unpaired) electrons. The van der Waals surface area contributed by atoms with Crippen molar-refractivity contribution >= 4 is 17.4 Å². The second-order valence-electron chi connectivity index (χ2n) is 7.25. The van der Waals surface area contributed by atoms with E-state index in [2.05, 4.69) is 21.9 Å². The molecule has 0 saturated heterocycles. The van der Waals surface area contributed by atoms with E-state index in [0.29, 0.717) is 11.3 Å². The van der Waals surface area contributed by atoms with Gasteiger partial charge in [0.25, 0.3) is 5.90 Å². The summed E-state index contributed by atoms with van der Waals surface area (Å²) in [5.74, 6) is 3.82. The Morgan fingerprint density at radius 3 is 2.38 bits per heavy atom. The lowest BCUT2D eigenvalue weighted by Gasteiger charge is -2.10. The number of aliphatic imine (C=N–C) groups is 1. The fourth-order valence-electron chi connectivity index (χ4n) is 3.36. The molecule has 0 atom stereocenters. The van der Waals surface area contributed by atoms with E-state index in [1.165, 1.54) is 29.8 Å². The van der Waals surface area contributed by atoms with Crippen molar-refractivity contribution < 1.29 is 18.4 Å². The SMILES string of the molecule is C=C(N=C(ON)c1nnn(-c2ccccc2F)c1-c1ccccc1)c1ccc(C(C)=O)cc1F. The number of carbonyl (C=O) groups excluding carboxylic acids is 1. The van der Waals surface area contributed by atoms with Crippen LogP contribution in [0.5, 0.6) is 0 Å². The predicted octanol–water partition coefficient (Wildman–Crippen LogP) is 4.72. The Kier molecular flexibility index (Phi) is 6.37. The maximum absolute atomic E-state index is 14.6. The van der Waals surface area contributed by atoms with Crippen LogP contribution in [0.3, 0.4) is 0 Å². The number of hydrogen-bond acceptors (Lipinski definition) is 6. The maximum atomic E-state index is 14.6. The van der Waals surface area contributed by atoms with E-state index >= 15 is 0 Å². The van der Waals surface area contributed by atoms with Gasteiger partial charge in [-0.05, 0) is 31.2 Å². The van der Waals surface area contributed by atoms with Gasteiger partial charge >= 0.3 is 0 Å². The minimum atomic E-state index is -0.684. The third-order valence-electron chi connectivity index (χ3n) is 5.04. The number of aromatic nitrogens is 3. The highest BCUT2D eigenvalue weighted by Crippen LogP contribution is 2.28. The number of halogens is 2. The van der Waals surface area contributed by atoms with Crippen molar-refractivity contribution in [2.45, 2.75) is 6.92 Å². The minimum Gasteiger partial charge on any atom is -0.389 e. The molecule has 0 spiro atoms. The van der Waals surface area contributed by atoms with Crippen molar-refractivity contribution in [3.05, 3.63) is 108 Å². The number of nitrogens with two attached hydrogens (primary N) is 1. The Balaban J connectivity index is 1.84. The summed E-state index contributed by atoms with van der Waals surface area (Å²) in [5.41, 5.74) is 1.48. The molecular formula is C25H19F2N5O2. The molecule has 0 fully saturated rings. The first kappa shape index (κ1) is 22.7. The molecule has 0 aliphatic carbocycles. The lowest BCUT2D eigenvalue weighted by atomic mass is 10.1. The summed E-state index contributed by atoms with van der Waals surface area (Å²) in [4.78, 5) is 20.7. The highest BCUT2D eigenvalue weighted by molar-refractivity contribution is 6.01. The number of rotatable bonds is 6. The van der Waals surface area contributed by atoms with Gasteiger partial charge in [-0.1, -0.05) is 60.3 Å². The zero-order chi connectivity index (χ0) is 24.2. The molecule has 0 bridgehead atoms. The Hall–Kier alpha value is -4.50. The summed E-state index contributed by atoms with van der Waals surface area (Å²) in [6, 6.07) is 19.0. The first-order valence-electron chi connectivity index (χ1n) is 10.1. The number of carbonyl (C=O) groups is 1. The monoisotopic (exact) mass is 459 g/mol. The van der Waals surface area contributed by atoms with Crippen LogP contribution in [0.25, 0.3) is 22.6 Å². The molecule has 3 aromatic carbocycles. The Morgan fingerprint density at radius 2 is 1.74 bits per heavy atom. The van der Waals surface area contributed by atoms with Gasteiger partial charge in [-0.2, -0.15) is 5.90 Å². The van der Waals surface area contributed by atoms with E-state index in [0.717, 1.165) is 6.07 Å². The van der Waals surface area contributed by atoms with Crippen molar-refractivity contribution in [2.75, 3.05) is 0 Å². The van der Waals surface area contributed by atoms with Gasteiger partial charge in [-0.3, -0.25) is 4.79 Å². The number of nitrogens with zero attached hydrogens (tertiary/aromatic N) is 4. The smallest absolute Gasteiger partial charge is 0.268 e. The number of para-hydroxylation sites is 1. The lowest BCUT2D eigenvalue weighted by molar-refractivity contribution is 0.101. The van der Waals surface area contributed by atoms with E-state index in [4.69, 9.17) is 10.7 Å². The molecule has 0 unspecified atom stereocenters. The van der Waals surface area contributed by atoms with Gasteiger partial charge in [0, 0.05) is 16.7 Å². The average molecular weight is 459 g/mol. The second kappa shape index (κ2) is 9.55. The Bertz CT molecular complexity index is 1410. The van der Waals surface area contributed by atoms with Crippen molar-refractivity contribution in [3.63, 3.8) is 0 Å². The van der Waals surface area contributed by atoms with Crippen molar-refractivity contribution in [1.82, 2.24) is 15.0 Å². The van der Waals surface area contributed by atoms with Gasteiger partial charge in [0.2, 0.25) is 0 Å². The first-order chi connectivity index (χ1) is 16.4. The molecule has 0 aliphatic rings. The lowest BCUT2D eigenvalue weighted by Crippen LogP contribution is -2.14. The molecule has 1 aromatic heterocycles. The second-order valence-corrected chi connectivity index (χ2v) is 7.25. The van der Waals surface area contributed by atoms with Gasteiger partial charge in [-0.15, -0.1) is 5.10 Å². The van der Waals surface area contributed by atoms with Crippen molar-refractivity contribution in [1.29, 1.82) is 0 Å². The number of hydrogen-bond donors (Lipinski definition) is 1. The van der Waals surface area contributed by atoms with Crippen LogP contribution in [-0.2, 0) is 4.84 Å². The summed E-state index contributed by atoms with van der Waals surface area (Å²) < 4.78 is 30.5. The number of ketones is 1. The predicted molar refractivity (Wildman–Crippen MR) is 124 cm³/mol. The van der Waals surface area contributed by atoms with Crippen molar-refractivity contribution in [3.8, 4) is 16.9 Å². The highest BCUT2D eigenvalue weighted by Gasteiger charge is 2.24. The molecule has 1 heterocycles. The topological polar surface area (TPSA) is 95.4 Å². The summed E-state index contributed by atoms with van der Waals surface area (Å²) in [5, 5.41) is 8.21. The molecular weight excluding hydrogens is 440 g/mol. The fraction of sp³-hybridized carbons (Fsp3) is 0.0400. The molecule has 0 saturated carbocycles. The largest absolute Gasteiger partial charge is 0.389 e. The highest BCUT2D eigenvalue weighted by atomic mass is 19.1. The molecule has 34 heavy (non-hydrogen) atoms. The normalized spacial score (nSPS) is 11.4. The summed E-state index contributed by atoms with van der Waals surface area (Å²) in [7, 11) is 0. The zero-order valence-corrected chi connectivity index (χ0v) is 18.1. The van der Waals surface area contributed by atoms with E-state index in [9.17, 15) is 13.6 Å². The molecule has 2 N–H and O–H groups in total. The van der Waals surface area contributed by atoms with E-state index in [1.807, 2.05) is 6.07 Å². The van der Waals surface area contributed by atoms with Crippen LogP contribution in [0, 0.1) is 11.6 Å². The summed E-state index contributed by atoms with van der Waals surface area (Å²) >= 11 is 0. The maximum Gasteiger partial charge on any atom is 0.268 e. The average Bonchev–Trinajstić information content (AvgIpc) is 3.27. The van der Waals surface area contributed by atoms with Crippen LogP contribution in [0.4, 0.5) is 8.78 Å². The van der Waals surface area contributed by atoms with Crippen molar-refractivity contribution in [2.24, 2.45) is 10.9 Å². The molecule has 9 heteroatoms. The molecule has 7 nitrogen and oxygen atoms in total. The van der Waals surface area contributed by atoms with Gasteiger partial charge in [0.1, 0.15) is 23.0 Å². The fourth-order valence-corrected chi connectivity index (χ4v) is 3.36. The number of benzene rings is 3. The van der Waals surface area contributed by atoms with Gasteiger partial charge in [0.15, 0.2) is 11.5 Å². The van der Waals surface area contributed by atoms with Crippen LogP contribution < -0.4 is 5.90 Å².